The van der Waals surface area contributed by atoms with Crippen molar-refractivity contribution in [3.8, 4) is 17.3 Å². The second kappa shape index (κ2) is 8.99. The molecule has 170 valence electrons. The summed E-state index contributed by atoms with van der Waals surface area (Å²) in [6, 6.07) is 11.2. The number of benzene rings is 1. The molecule has 1 amide bonds. The van der Waals surface area contributed by atoms with E-state index in [4.69, 9.17) is 20.9 Å². The molecule has 0 radical (unpaired) electrons. The molecule has 0 spiro atoms. The number of nitrogens with one attached hydrogen (secondary N) is 1. The quantitative estimate of drug-likeness (QED) is 0.412. The first-order valence-corrected chi connectivity index (χ1v) is 10.3. The van der Waals surface area contributed by atoms with Gasteiger partial charge in [0.05, 0.1) is 30.0 Å². The summed E-state index contributed by atoms with van der Waals surface area (Å²) in [6.45, 7) is 1.97. The molecule has 0 bridgehead atoms. The van der Waals surface area contributed by atoms with Crippen LogP contribution in [0, 0.1) is 5.82 Å². The molecule has 4 rings (SSSR count). The van der Waals surface area contributed by atoms with E-state index < -0.39 is 17.1 Å². The van der Waals surface area contributed by atoms with E-state index in [-0.39, 0.29) is 23.8 Å². The number of amides is 1. The van der Waals surface area contributed by atoms with E-state index in [9.17, 15) is 9.18 Å². The molecule has 0 saturated heterocycles. The average Bonchev–Trinajstić information content (AvgIpc) is 3.44. The van der Waals surface area contributed by atoms with E-state index >= 15 is 0 Å². The number of aryl methyl sites for hydroxylation is 1. The maximum absolute atomic E-state index is 14.0. The number of hydrogen-bond donors (Lipinski definition) is 1. The first-order chi connectivity index (χ1) is 15.8. The number of ether oxygens (including phenoxy) is 1. The lowest BCUT2D eigenvalue weighted by Gasteiger charge is -2.29. The molecule has 1 atom stereocenters. The fourth-order valence-corrected chi connectivity index (χ4v) is 3.65. The summed E-state index contributed by atoms with van der Waals surface area (Å²) in [7, 11) is 3.28. The van der Waals surface area contributed by atoms with Crippen molar-refractivity contribution in [2.45, 2.75) is 12.3 Å². The highest BCUT2D eigenvalue weighted by molar-refractivity contribution is 6.29. The summed E-state index contributed by atoms with van der Waals surface area (Å²) in [5.74, 6) is -0.942. The molecule has 0 fully saturated rings. The Hall–Kier alpha value is -3.79. The summed E-state index contributed by atoms with van der Waals surface area (Å²) in [5, 5.41) is 11.1. The summed E-state index contributed by atoms with van der Waals surface area (Å²) < 4.78 is 26.2. The third-order valence-corrected chi connectivity index (χ3v) is 5.50. The fourth-order valence-electron chi connectivity index (χ4n) is 3.48. The van der Waals surface area contributed by atoms with Crippen molar-refractivity contribution in [1.29, 1.82) is 0 Å². The molecule has 4 aromatic rings. The van der Waals surface area contributed by atoms with Gasteiger partial charge in [-0.15, -0.1) is 0 Å². The molecule has 33 heavy (non-hydrogen) atoms. The zero-order chi connectivity index (χ0) is 23.6. The van der Waals surface area contributed by atoms with Gasteiger partial charge in [-0.3, -0.25) is 4.79 Å². The first-order valence-electron chi connectivity index (χ1n) is 9.90. The van der Waals surface area contributed by atoms with Gasteiger partial charge in [-0.25, -0.2) is 14.1 Å². The Balaban J connectivity index is 1.63. The Labute approximate surface area is 193 Å². The number of hydrogen-bond acceptors (Lipinski definition) is 7. The lowest BCUT2D eigenvalue weighted by molar-refractivity contribution is 0.0933. The Morgan fingerprint density at radius 1 is 1.24 bits per heavy atom. The minimum atomic E-state index is -0.863. The normalized spacial score (nSPS) is 12.9. The van der Waals surface area contributed by atoms with Crippen molar-refractivity contribution in [2.75, 3.05) is 13.7 Å². The Morgan fingerprint density at radius 2 is 2.03 bits per heavy atom. The van der Waals surface area contributed by atoms with Crippen LogP contribution in [0.5, 0.6) is 5.88 Å². The smallest absolute Gasteiger partial charge is 0.292 e. The van der Waals surface area contributed by atoms with E-state index in [1.54, 1.807) is 48.3 Å². The Morgan fingerprint density at radius 3 is 2.76 bits per heavy atom. The Bertz CT molecular complexity index is 1310. The van der Waals surface area contributed by atoms with Gasteiger partial charge < -0.3 is 14.6 Å². The molecule has 0 aliphatic rings. The van der Waals surface area contributed by atoms with E-state index in [1.807, 2.05) is 6.92 Å². The van der Waals surface area contributed by atoms with Crippen LogP contribution in [0.2, 0.25) is 5.15 Å². The van der Waals surface area contributed by atoms with Crippen molar-refractivity contribution in [1.82, 2.24) is 30.2 Å². The van der Waals surface area contributed by atoms with E-state index in [1.165, 1.54) is 19.2 Å². The second-order valence-corrected chi connectivity index (χ2v) is 7.84. The molecule has 1 aromatic carbocycles. The van der Waals surface area contributed by atoms with Crippen LogP contribution >= 0.6 is 11.6 Å². The van der Waals surface area contributed by atoms with Crippen LogP contribution in [-0.4, -0.2) is 44.5 Å². The molecule has 11 heteroatoms. The highest BCUT2D eigenvalue weighted by Gasteiger charge is 2.36. The molecule has 0 aliphatic heterocycles. The summed E-state index contributed by atoms with van der Waals surface area (Å²) in [6.07, 6.45) is 1.65. The number of aromatic nitrogens is 5. The number of pyridine rings is 1. The number of carbonyl (C=O) groups excluding carboxylic acids is 1. The number of methoxy groups -OCH3 is 1. The zero-order valence-corrected chi connectivity index (χ0v) is 18.8. The summed E-state index contributed by atoms with van der Waals surface area (Å²) in [4.78, 5) is 21.3. The molecular formula is C22H20ClFN6O3. The van der Waals surface area contributed by atoms with Gasteiger partial charge in [-0.2, -0.15) is 10.1 Å². The molecule has 9 nitrogen and oxygen atoms in total. The van der Waals surface area contributed by atoms with Crippen molar-refractivity contribution < 1.29 is 18.4 Å². The molecule has 0 aliphatic carbocycles. The average molecular weight is 471 g/mol. The van der Waals surface area contributed by atoms with Crippen LogP contribution in [0.4, 0.5) is 4.39 Å². The SMILES string of the molecule is COc1c(C(C)(CNC(=O)c2noc(-c3ccccc3F)n2)c2cccc(Cl)n2)cnn1C. The molecule has 3 aromatic heterocycles. The number of carbonyl (C=O) groups is 1. The van der Waals surface area contributed by atoms with Crippen molar-refractivity contribution in [3.63, 3.8) is 0 Å². The molecule has 1 unspecified atom stereocenters. The highest BCUT2D eigenvalue weighted by Crippen LogP contribution is 2.36. The van der Waals surface area contributed by atoms with Crippen LogP contribution in [0.25, 0.3) is 11.5 Å². The van der Waals surface area contributed by atoms with Crippen molar-refractivity contribution in [2.24, 2.45) is 7.05 Å². The van der Waals surface area contributed by atoms with Crippen LogP contribution in [0.3, 0.4) is 0 Å². The topological polar surface area (TPSA) is 108 Å². The monoisotopic (exact) mass is 470 g/mol. The standard InChI is InChI=1S/C22H20ClFN6O3/c1-22(16-9-6-10-17(23)27-16,14-11-26-30(2)21(14)32-3)12-25-19(31)18-28-20(33-29-18)13-7-4-5-8-15(13)24/h4-11H,12H2,1-3H3,(H,25,31). The number of nitrogens with zero attached hydrogens (tertiary/aromatic N) is 5. The largest absolute Gasteiger partial charge is 0.481 e. The van der Waals surface area contributed by atoms with Gasteiger partial charge in [0.2, 0.25) is 5.88 Å². The van der Waals surface area contributed by atoms with Gasteiger partial charge in [0.1, 0.15) is 11.0 Å². The second-order valence-electron chi connectivity index (χ2n) is 7.45. The van der Waals surface area contributed by atoms with Crippen molar-refractivity contribution in [3.05, 3.63) is 76.7 Å². The minimum absolute atomic E-state index is 0.0881. The van der Waals surface area contributed by atoms with Gasteiger partial charge in [-0.1, -0.05) is 35.0 Å². The lowest BCUT2D eigenvalue weighted by Crippen LogP contribution is -2.40. The molecule has 1 N–H and O–H groups in total. The van der Waals surface area contributed by atoms with Crippen LogP contribution in [0.15, 0.2) is 53.2 Å². The van der Waals surface area contributed by atoms with Gasteiger partial charge in [0, 0.05) is 19.2 Å². The molecule has 3 heterocycles. The highest BCUT2D eigenvalue weighted by atomic mass is 35.5. The molecular weight excluding hydrogens is 451 g/mol. The van der Waals surface area contributed by atoms with Gasteiger partial charge in [0.15, 0.2) is 0 Å². The summed E-state index contributed by atoms with van der Waals surface area (Å²) >= 11 is 6.14. The van der Waals surface area contributed by atoms with Crippen LogP contribution < -0.4 is 10.1 Å². The van der Waals surface area contributed by atoms with Crippen LogP contribution in [-0.2, 0) is 12.5 Å². The molecule has 0 saturated carbocycles. The number of halogens is 2. The third kappa shape index (κ3) is 4.29. The number of rotatable bonds is 7. The van der Waals surface area contributed by atoms with Gasteiger partial charge in [-0.05, 0) is 31.2 Å². The maximum Gasteiger partial charge on any atom is 0.292 e. The van der Waals surface area contributed by atoms with Crippen molar-refractivity contribution >= 4 is 17.5 Å². The predicted octanol–water partition coefficient (Wildman–Crippen LogP) is 3.40. The lowest BCUT2D eigenvalue weighted by atomic mass is 9.80. The Kier molecular flexibility index (Phi) is 6.10. The van der Waals surface area contributed by atoms with Gasteiger partial charge in [0.25, 0.3) is 17.6 Å². The summed E-state index contributed by atoms with van der Waals surface area (Å²) in [5.41, 5.74) is 0.541. The fraction of sp³-hybridized carbons (Fsp3) is 0.227. The predicted molar refractivity (Wildman–Crippen MR) is 117 cm³/mol. The van der Waals surface area contributed by atoms with E-state index in [0.717, 1.165) is 0 Å². The first kappa shape index (κ1) is 22.4. The zero-order valence-electron chi connectivity index (χ0n) is 18.0. The van der Waals surface area contributed by atoms with E-state index in [0.29, 0.717) is 22.3 Å². The van der Waals surface area contributed by atoms with Gasteiger partial charge >= 0.3 is 0 Å². The maximum atomic E-state index is 14.0. The minimum Gasteiger partial charge on any atom is -0.481 e. The third-order valence-electron chi connectivity index (χ3n) is 5.29. The van der Waals surface area contributed by atoms with E-state index in [2.05, 4.69) is 25.5 Å². The van der Waals surface area contributed by atoms with Crippen LogP contribution in [0.1, 0.15) is 28.8 Å².